The van der Waals surface area contributed by atoms with Gasteiger partial charge in [0, 0.05) is 11.6 Å². The number of carbonyl (C=O) groups excluding carboxylic acids is 1. The molecule has 0 bridgehead atoms. The lowest BCUT2D eigenvalue weighted by Gasteiger charge is -2.09. The van der Waals surface area contributed by atoms with Gasteiger partial charge in [0.15, 0.2) is 11.5 Å². The van der Waals surface area contributed by atoms with Crippen molar-refractivity contribution in [2.24, 2.45) is 0 Å². The Kier molecular flexibility index (Phi) is 3.28. The second kappa shape index (κ2) is 5.24. The number of pyridine rings is 1. The maximum Gasteiger partial charge on any atom is 0.325 e. The molecule has 20 heavy (non-hydrogen) atoms. The number of hydrogen-bond acceptors (Lipinski definition) is 6. The van der Waals surface area contributed by atoms with Gasteiger partial charge in [0.05, 0.1) is 6.61 Å². The predicted molar refractivity (Wildman–Crippen MR) is 73.0 cm³/mol. The van der Waals surface area contributed by atoms with Gasteiger partial charge in [-0.05, 0) is 30.5 Å². The molecule has 2 heterocycles. The van der Waals surface area contributed by atoms with Crippen molar-refractivity contribution in [3.05, 3.63) is 24.4 Å². The minimum atomic E-state index is -0.313. The highest BCUT2D eigenvalue weighted by Crippen LogP contribution is 2.37. The van der Waals surface area contributed by atoms with Gasteiger partial charge in [0.25, 0.3) is 0 Å². The molecular weight excluding hydrogens is 260 g/mol. The van der Waals surface area contributed by atoms with Gasteiger partial charge >= 0.3 is 5.97 Å². The summed E-state index contributed by atoms with van der Waals surface area (Å²) >= 11 is 0. The number of rotatable bonds is 4. The maximum atomic E-state index is 11.4. The molecule has 0 spiro atoms. The van der Waals surface area contributed by atoms with Crippen LogP contribution in [0.1, 0.15) is 6.92 Å². The smallest absolute Gasteiger partial charge is 0.325 e. The van der Waals surface area contributed by atoms with Crippen LogP contribution in [0.4, 0.5) is 5.82 Å². The first-order valence-corrected chi connectivity index (χ1v) is 6.36. The van der Waals surface area contributed by atoms with Crippen LogP contribution in [0.5, 0.6) is 11.5 Å². The maximum absolute atomic E-state index is 11.4. The van der Waals surface area contributed by atoms with Crippen molar-refractivity contribution in [2.45, 2.75) is 6.92 Å². The fraction of sp³-hybridized carbons (Fsp3) is 0.286. The monoisotopic (exact) mass is 274 g/mol. The first-order chi connectivity index (χ1) is 9.78. The molecule has 0 radical (unpaired) electrons. The lowest BCUT2D eigenvalue weighted by Crippen LogP contribution is -2.17. The van der Waals surface area contributed by atoms with Crippen LogP contribution in [0.25, 0.3) is 10.8 Å². The van der Waals surface area contributed by atoms with Gasteiger partial charge in [-0.1, -0.05) is 0 Å². The van der Waals surface area contributed by atoms with Crippen LogP contribution in [-0.2, 0) is 9.53 Å². The largest absolute Gasteiger partial charge is 0.465 e. The van der Waals surface area contributed by atoms with Gasteiger partial charge in [0.1, 0.15) is 12.4 Å². The van der Waals surface area contributed by atoms with Crippen molar-refractivity contribution in [2.75, 3.05) is 25.3 Å². The van der Waals surface area contributed by atoms with Crippen molar-refractivity contribution >= 4 is 22.6 Å². The summed E-state index contributed by atoms with van der Waals surface area (Å²) < 4.78 is 15.6. The molecule has 1 N–H and O–H groups in total. The lowest BCUT2D eigenvalue weighted by molar-refractivity contribution is -0.140. The zero-order valence-corrected chi connectivity index (χ0v) is 11.0. The summed E-state index contributed by atoms with van der Waals surface area (Å²) in [6, 6.07) is 5.64. The SMILES string of the molecule is CCOC(=O)CNc1nccc2cc3c(cc12)OCO3. The molecule has 3 rings (SSSR count). The summed E-state index contributed by atoms with van der Waals surface area (Å²) in [5.74, 6) is 1.71. The number of ether oxygens (including phenoxy) is 3. The third-order valence-electron chi connectivity index (χ3n) is 2.96. The van der Waals surface area contributed by atoms with E-state index < -0.39 is 0 Å². The fourth-order valence-corrected chi connectivity index (χ4v) is 2.07. The molecule has 2 aromatic rings. The number of anilines is 1. The Labute approximate surface area is 115 Å². The van der Waals surface area contributed by atoms with Crippen LogP contribution >= 0.6 is 0 Å². The molecule has 0 saturated heterocycles. The molecule has 1 aromatic carbocycles. The van der Waals surface area contributed by atoms with Gasteiger partial charge in [-0.2, -0.15) is 0 Å². The highest BCUT2D eigenvalue weighted by molar-refractivity contribution is 5.95. The number of nitrogens with one attached hydrogen (secondary N) is 1. The predicted octanol–water partition coefficient (Wildman–Crippen LogP) is 1.94. The van der Waals surface area contributed by atoms with E-state index >= 15 is 0 Å². The van der Waals surface area contributed by atoms with Gasteiger partial charge in [-0.25, -0.2) is 4.98 Å². The Morgan fingerprint density at radius 2 is 2.20 bits per heavy atom. The third-order valence-corrected chi connectivity index (χ3v) is 2.96. The van der Waals surface area contributed by atoms with E-state index in [1.165, 1.54) is 0 Å². The molecule has 0 fully saturated rings. The van der Waals surface area contributed by atoms with Crippen molar-refractivity contribution in [1.29, 1.82) is 0 Å². The molecule has 0 amide bonds. The highest BCUT2D eigenvalue weighted by atomic mass is 16.7. The Bertz CT molecular complexity index is 657. The average Bonchev–Trinajstić information content (AvgIpc) is 2.90. The molecule has 0 atom stereocenters. The summed E-state index contributed by atoms with van der Waals surface area (Å²) in [5.41, 5.74) is 0. The Hall–Kier alpha value is -2.50. The number of aromatic nitrogens is 1. The summed E-state index contributed by atoms with van der Waals surface area (Å²) in [4.78, 5) is 15.6. The van der Waals surface area contributed by atoms with E-state index in [-0.39, 0.29) is 19.3 Å². The van der Waals surface area contributed by atoms with Crippen molar-refractivity contribution < 1.29 is 19.0 Å². The number of carbonyl (C=O) groups is 1. The summed E-state index contributed by atoms with van der Waals surface area (Å²) in [6.45, 7) is 2.44. The van der Waals surface area contributed by atoms with Gasteiger partial charge in [-0.3, -0.25) is 4.79 Å². The standard InChI is InChI=1S/C14H14N2O4/c1-2-18-13(17)7-16-14-10-6-12-11(19-8-20-12)5-9(10)3-4-15-14/h3-6H,2,7-8H2,1H3,(H,15,16). The highest BCUT2D eigenvalue weighted by Gasteiger charge is 2.16. The number of nitrogens with zero attached hydrogens (tertiary/aromatic N) is 1. The van der Waals surface area contributed by atoms with Crippen LogP contribution in [0, 0.1) is 0 Å². The quantitative estimate of drug-likeness (QED) is 0.859. The molecule has 104 valence electrons. The zero-order valence-electron chi connectivity index (χ0n) is 11.0. The minimum Gasteiger partial charge on any atom is -0.465 e. The van der Waals surface area contributed by atoms with Crippen molar-refractivity contribution in [3.63, 3.8) is 0 Å². The number of hydrogen-bond donors (Lipinski definition) is 1. The second-order valence-corrected chi connectivity index (χ2v) is 4.24. The Morgan fingerprint density at radius 3 is 3.00 bits per heavy atom. The van der Waals surface area contributed by atoms with Crippen molar-refractivity contribution in [3.8, 4) is 11.5 Å². The van der Waals surface area contributed by atoms with E-state index in [2.05, 4.69) is 10.3 Å². The lowest BCUT2D eigenvalue weighted by atomic mass is 10.1. The normalized spacial score (nSPS) is 12.4. The van der Waals surface area contributed by atoms with E-state index in [1.807, 2.05) is 18.2 Å². The molecule has 6 nitrogen and oxygen atoms in total. The number of benzene rings is 1. The first-order valence-electron chi connectivity index (χ1n) is 6.36. The van der Waals surface area contributed by atoms with E-state index in [0.29, 0.717) is 18.2 Å². The second-order valence-electron chi connectivity index (χ2n) is 4.24. The topological polar surface area (TPSA) is 69.7 Å². The molecule has 1 aliphatic rings. The van der Waals surface area contributed by atoms with Crippen LogP contribution in [0.2, 0.25) is 0 Å². The van der Waals surface area contributed by atoms with Crippen molar-refractivity contribution in [1.82, 2.24) is 4.98 Å². The molecule has 0 unspecified atom stereocenters. The third kappa shape index (κ3) is 2.32. The molecule has 1 aliphatic heterocycles. The average molecular weight is 274 g/mol. The Balaban J connectivity index is 1.89. The van der Waals surface area contributed by atoms with E-state index in [9.17, 15) is 4.79 Å². The van der Waals surface area contributed by atoms with Crippen LogP contribution in [0.15, 0.2) is 24.4 Å². The van der Waals surface area contributed by atoms with Gasteiger partial charge in [-0.15, -0.1) is 0 Å². The summed E-state index contributed by atoms with van der Waals surface area (Å²) in [6.07, 6.45) is 1.68. The van der Waals surface area contributed by atoms with Gasteiger partial charge in [0.2, 0.25) is 6.79 Å². The molecular formula is C14H14N2O4. The minimum absolute atomic E-state index is 0.0778. The number of esters is 1. The molecule has 0 saturated carbocycles. The zero-order chi connectivity index (χ0) is 13.9. The number of fused-ring (bicyclic) bond motifs is 2. The van der Waals surface area contributed by atoms with Crippen LogP contribution < -0.4 is 14.8 Å². The molecule has 1 aromatic heterocycles. The van der Waals surface area contributed by atoms with Crippen LogP contribution in [0.3, 0.4) is 0 Å². The summed E-state index contributed by atoms with van der Waals surface area (Å²) in [7, 11) is 0. The molecule has 6 heteroatoms. The fourth-order valence-electron chi connectivity index (χ4n) is 2.07. The van der Waals surface area contributed by atoms with E-state index in [1.54, 1.807) is 13.1 Å². The van der Waals surface area contributed by atoms with Crippen LogP contribution in [-0.4, -0.2) is 30.9 Å². The first kappa shape index (κ1) is 12.5. The van der Waals surface area contributed by atoms with Gasteiger partial charge < -0.3 is 19.5 Å². The molecule has 0 aliphatic carbocycles. The van der Waals surface area contributed by atoms with E-state index in [4.69, 9.17) is 14.2 Å². The van der Waals surface area contributed by atoms with E-state index in [0.717, 1.165) is 16.5 Å². The summed E-state index contributed by atoms with van der Waals surface area (Å²) in [5, 5.41) is 4.83. The Morgan fingerprint density at radius 1 is 1.40 bits per heavy atom.